The molecule has 1 aromatic rings. The van der Waals surface area contributed by atoms with E-state index in [1.54, 1.807) is 18.3 Å². The molecule has 0 aliphatic carbocycles. The lowest BCUT2D eigenvalue weighted by Gasteiger charge is -2.42. The number of aromatic nitrogens is 1. The number of hydrogen-bond donors (Lipinski definition) is 1. The van der Waals surface area contributed by atoms with Crippen LogP contribution in [0.5, 0.6) is 0 Å². The zero-order valence-electron chi connectivity index (χ0n) is 13.8. The van der Waals surface area contributed by atoms with Crippen molar-refractivity contribution in [1.82, 2.24) is 9.88 Å². The maximum absolute atomic E-state index is 12.5. The molecule has 2 aliphatic heterocycles. The number of piperidine rings is 1. The van der Waals surface area contributed by atoms with Gasteiger partial charge in [-0.15, -0.1) is 0 Å². The van der Waals surface area contributed by atoms with Crippen molar-refractivity contribution in [3.8, 4) is 0 Å². The van der Waals surface area contributed by atoms with Crippen molar-refractivity contribution in [3.05, 3.63) is 29.0 Å². The first-order valence-electron chi connectivity index (χ1n) is 8.00. The van der Waals surface area contributed by atoms with Crippen molar-refractivity contribution in [3.63, 3.8) is 0 Å². The summed E-state index contributed by atoms with van der Waals surface area (Å²) in [6.45, 7) is 6.74. The first-order chi connectivity index (χ1) is 10.7. The molecule has 3 rings (SSSR count). The van der Waals surface area contributed by atoms with Gasteiger partial charge in [0.25, 0.3) is 0 Å². The van der Waals surface area contributed by atoms with Crippen LogP contribution in [0, 0.1) is 5.92 Å². The van der Waals surface area contributed by atoms with Crippen molar-refractivity contribution in [1.29, 1.82) is 0 Å². The van der Waals surface area contributed by atoms with E-state index in [1.807, 2.05) is 25.7 Å². The molecule has 2 bridgehead atoms. The highest BCUT2D eigenvalue weighted by atomic mass is 35.5. The number of esters is 1. The molecular weight excluding hydrogens is 316 g/mol. The summed E-state index contributed by atoms with van der Waals surface area (Å²) < 4.78 is 5.55. The lowest BCUT2D eigenvalue weighted by Crippen LogP contribution is -2.54. The molecule has 2 saturated heterocycles. The van der Waals surface area contributed by atoms with E-state index in [0.29, 0.717) is 23.7 Å². The average molecular weight is 339 g/mol. The van der Waals surface area contributed by atoms with Gasteiger partial charge in [-0.2, -0.15) is 0 Å². The smallest absolute Gasteiger partial charge is 0.324 e. The van der Waals surface area contributed by atoms with Crippen LogP contribution in [0.1, 0.15) is 39.3 Å². The number of aliphatic hydroxyl groups is 1. The Morgan fingerprint density at radius 2 is 2.26 bits per heavy atom. The molecule has 0 aromatic carbocycles. The van der Waals surface area contributed by atoms with Gasteiger partial charge in [0.1, 0.15) is 17.2 Å². The summed E-state index contributed by atoms with van der Waals surface area (Å²) in [4.78, 5) is 18.8. The fraction of sp³-hybridized carbons (Fsp3) is 0.647. The highest BCUT2D eigenvalue weighted by Crippen LogP contribution is 2.44. The van der Waals surface area contributed by atoms with E-state index < -0.39 is 11.2 Å². The minimum absolute atomic E-state index is 0.0571. The van der Waals surface area contributed by atoms with Crippen molar-refractivity contribution in [2.75, 3.05) is 13.1 Å². The maximum Gasteiger partial charge on any atom is 0.324 e. The van der Waals surface area contributed by atoms with Crippen LogP contribution in [0.2, 0.25) is 5.02 Å². The summed E-state index contributed by atoms with van der Waals surface area (Å²) in [5.74, 6) is -0.143. The van der Waals surface area contributed by atoms with Crippen molar-refractivity contribution >= 4 is 17.6 Å². The second kappa shape index (κ2) is 5.72. The normalized spacial score (nSPS) is 33.5. The third kappa shape index (κ3) is 3.23. The summed E-state index contributed by atoms with van der Waals surface area (Å²) in [6.07, 6.45) is 2.98. The Morgan fingerprint density at radius 3 is 2.87 bits per heavy atom. The van der Waals surface area contributed by atoms with E-state index in [2.05, 4.69) is 4.98 Å². The SMILES string of the molecule is CC(C)(C)OC(=O)C1C2CCN1CC(O)(c1ncccc1Cl)C2. The van der Waals surface area contributed by atoms with Gasteiger partial charge in [0.15, 0.2) is 0 Å². The summed E-state index contributed by atoms with van der Waals surface area (Å²) in [7, 11) is 0. The van der Waals surface area contributed by atoms with Gasteiger partial charge >= 0.3 is 5.97 Å². The third-order valence-corrected chi connectivity index (χ3v) is 4.84. The predicted octanol–water partition coefficient (Wildman–Crippen LogP) is 2.36. The zero-order valence-corrected chi connectivity index (χ0v) is 14.5. The maximum atomic E-state index is 12.5. The molecule has 1 aromatic heterocycles. The lowest BCUT2D eigenvalue weighted by atomic mass is 9.80. The van der Waals surface area contributed by atoms with E-state index in [-0.39, 0.29) is 17.9 Å². The average Bonchev–Trinajstić information content (AvgIpc) is 2.70. The van der Waals surface area contributed by atoms with Gasteiger partial charge < -0.3 is 9.84 Å². The predicted molar refractivity (Wildman–Crippen MR) is 87.1 cm³/mol. The molecule has 5 nitrogen and oxygen atoms in total. The number of fused-ring (bicyclic) bond motifs is 2. The van der Waals surface area contributed by atoms with Gasteiger partial charge in [0.05, 0.1) is 10.7 Å². The van der Waals surface area contributed by atoms with Crippen LogP contribution < -0.4 is 0 Å². The van der Waals surface area contributed by atoms with E-state index in [9.17, 15) is 9.90 Å². The van der Waals surface area contributed by atoms with Gasteiger partial charge in [-0.25, -0.2) is 0 Å². The number of ether oxygens (including phenoxy) is 1. The van der Waals surface area contributed by atoms with Crippen LogP contribution in [0.15, 0.2) is 18.3 Å². The lowest BCUT2D eigenvalue weighted by molar-refractivity contribution is -0.167. The Kier molecular flexibility index (Phi) is 4.15. The molecule has 0 radical (unpaired) electrons. The molecule has 0 saturated carbocycles. The fourth-order valence-corrected chi connectivity index (χ4v) is 4.05. The van der Waals surface area contributed by atoms with E-state index >= 15 is 0 Å². The van der Waals surface area contributed by atoms with Gasteiger partial charge in [-0.1, -0.05) is 11.6 Å². The summed E-state index contributed by atoms with van der Waals surface area (Å²) >= 11 is 6.22. The van der Waals surface area contributed by atoms with Gasteiger partial charge in [-0.3, -0.25) is 14.7 Å². The molecule has 0 spiro atoms. The summed E-state index contributed by atoms with van der Waals surface area (Å²) in [5, 5.41) is 11.6. The highest BCUT2D eigenvalue weighted by molar-refractivity contribution is 6.31. The number of nitrogens with zero attached hydrogens (tertiary/aromatic N) is 2. The van der Waals surface area contributed by atoms with Crippen molar-refractivity contribution in [2.24, 2.45) is 5.92 Å². The van der Waals surface area contributed by atoms with Crippen LogP contribution in [0.3, 0.4) is 0 Å². The molecular formula is C17H23ClN2O3. The van der Waals surface area contributed by atoms with Crippen LogP contribution in [0.25, 0.3) is 0 Å². The number of pyridine rings is 1. The van der Waals surface area contributed by atoms with E-state index in [4.69, 9.17) is 16.3 Å². The fourth-order valence-electron chi connectivity index (χ4n) is 3.76. The van der Waals surface area contributed by atoms with E-state index in [1.165, 1.54) is 0 Å². The summed E-state index contributed by atoms with van der Waals surface area (Å²) in [6, 6.07) is 3.20. The molecule has 4 unspecified atom stereocenters. The number of hydrogen-bond acceptors (Lipinski definition) is 5. The van der Waals surface area contributed by atoms with Gasteiger partial charge in [-0.05, 0) is 58.2 Å². The molecule has 2 fully saturated rings. The Labute approximate surface area is 141 Å². The van der Waals surface area contributed by atoms with Crippen LogP contribution in [-0.4, -0.2) is 45.7 Å². The zero-order chi connectivity index (χ0) is 16.8. The topological polar surface area (TPSA) is 62.7 Å². The Hall–Kier alpha value is -1.17. The monoisotopic (exact) mass is 338 g/mol. The summed E-state index contributed by atoms with van der Waals surface area (Å²) in [5.41, 5.74) is -1.12. The first-order valence-corrected chi connectivity index (χ1v) is 8.38. The number of carbonyl (C=O) groups excluding carboxylic acids is 1. The second-order valence-corrected chi connectivity index (χ2v) is 7.97. The van der Waals surface area contributed by atoms with Crippen LogP contribution in [-0.2, 0) is 15.1 Å². The first kappa shape index (κ1) is 16.7. The Bertz CT molecular complexity index is 600. The molecule has 4 atom stereocenters. The van der Waals surface area contributed by atoms with Crippen LogP contribution in [0.4, 0.5) is 0 Å². The second-order valence-electron chi connectivity index (χ2n) is 7.57. The molecule has 23 heavy (non-hydrogen) atoms. The number of halogens is 1. The van der Waals surface area contributed by atoms with Gasteiger partial charge in [0.2, 0.25) is 0 Å². The number of rotatable bonds is 2. The van der Waals surface area contributed by atoms with Gasteiger partial charge in [0, 0.05) is 12.7 Å². The van der Waals surface area contributed by atoms with Crippen molar-refractivity contribution < 1.29 is 14.6 Å². The number of carbonyl (C=O) groups is 1. The van der Waals surface area contributed by atoms with Crippen molar-refractivity contribution in [2.45, 2.75) is 50.9 Å². The largest absolute Gasteiger partial charge is 0.459 e. The molecule has 126 valence electrons. The quantitative estimate of drug-likeness (QED) is 0.839. The molecule has 0 amide bonds. The minimum Gasteiger partial charge on any atom is -0.459 e. The Morgan fingerprint density at radius 1 is 1.52 bits per heavy atom. The highest BCUT2D eigenvalue weighted by Gasteiger charge is 2.53. The molecule has 1 N–H and O–H groups in total. The van der Waals surface area contributed by atoms with Crippen LogP contribution >= 0.6 is 11.6 Å². The Balaban J connectivity index is 1.82. The third-order valence-electron chi connectivity index (χ3n) is 4.54. The molecule has 6 heteroatoms. The molecule has 3 heterocycles. The standard InChI is InChI=1S/C17H23ClN2O3/c1-16(2,3)23-15(21)13-11-6-8-20(13)10-17(22,9-11)14-12(18)5-4-7-19-14/h4-5,7,11,13,22H,6,8-10H2,1-3H3. The molecule has 2 aliphatic rings. The van der Waals surface area contributed by atoms with E-state index in [0.717, 1.165) is 13.0 Å². The minimum atomic E-state index is -1.11.